The average Bonchev–Trinajstić information content (AvgIpc) is 4.20. The number of para-hydroxylation sites is 1. The molecule has 5 atom stereocenters. The van der Waals surface area contributed by atoms with E-state index >= 15 is 0 Å². The first-order valence-corrected chi connectivity index (χ1v) is 26.4. The van der Waals surface area contributed by atoms with Gasteiger partial charge in [-0.25, -0.2) is 4.99 Å². The van der Waals surface area contributed by atoms with E-state index in [0.717, 1.165) is 44.4 Å². The van der Waals surface area contributed by atoms with E-state index in [9.17, 15) is 0 Å². The molecule has 0 saturated heterocycles. The van der Waals surface area contributed by atoms with Crippen molar-refractivity contribution in [3.8, 4) is 22.4 Å². The zero-order valence-corrected chi connectivity index (χ0v) is 40.2. The monoisotopic (exact) mass is 907 g/mol. The van der Waals surface area contributed by atoms with Gasteiger partial charge in [0.2, 0.25) is 0 Å². The van der Waals surface area contributed by atoms with Crippen molar-refractivity contribution in [2.75, 3.05) is 0 Å². The van der Waals surface area contributed by atoms with Crippen LogP contribution in [0.2, 0.25) is 0 Å². The van der Waals surface area contributed by atoms with Gasteiger partial charge in [0, 0.05) is 51.5 Å². The number of fused-ring (bicyclic) bond motifs is 6. The third-order valence-electron chi connectivity index (χ3n) is 16.2. The number of nitrogens with zero attached hydrogens (tertiary/aromatic N) is 3. The average molecular weight is 908 g/mol. The lowest BCUT2D eigenvalue weighted by atomic mass is 9.84. The molecule has 4 aromatic carbocycles. The molecule has 68 heavy (non-hydrogen) atoms. The Bertz CT molecular complexity index is 3250. The molecular weight excluding hydrogens is 847 g/mol. The van der Waals surface area contributed by atoms with Crippen molar-refractivity contribution in [1.29, 1.82) is 0 Å². The number of nitrogens with one attached hydrogen (secondary N) is 2. The van der Waals surface area contributed by atoms with Crippen LogP contribution in [0, 0.1) is 17.8 Å². The number of thioether (sulfide) groups is 1. The maximum absolute atomic E-state index is 5.74. The summed E-state index contributed by atoms with van der Waals surface area (Å²) in [4.78, 5) is 8.58. The van der Waals surface area contributed by atoms with Crippen molar-refractivity contribution in [2.24, 2.45) is 29.8 Å². The normalized spacial score (nSPS) is 24.6. The SMILES string of the molecule is CC1CC=CC(C2NC(c3cc(-c4ccc(-c5ccccc5)c(C5=CC=CCC5)c4)n(C)c3C3=CC=C4Sc5cc6c(cc5C4C3)c3ccccc3n6C3=CC=CCC3)=NC(C3CCCC3)N2)C1. The molecule has 5 unspecified atom stereocenters. The molecule has 6 aromatic rings. The van der Waals surface area contributed by atoms with Gasteiger partial charge in [-0.05, 0) is 150 Å². The van der Waals surface area contributed by atoms with Crippen LogP contribution in [0.3, 0.4) is 0 Å². The van der Waals surface area contributed by atoms with E-state index in [0.29, 0.717) is 23.7 Å². The summed E-state index contributed by atoms with van der Waals surface area (Å²) in [6.45, 7) is 2.41. The second kappa shape index (κ2) is 17.5. The van der Waals surface area contributed by atoms with Gasteiger partial charge in [0.25, 0.3) is 0 Å². The lowest BCUT2D eigenvalue weighted by Crippen LogP contribution is -2.59. The Hall–Kier alpha value is -6.08. The fourth-order valence-corrected chi connectivity index (χ4v) is 14.0. The van der Waals surface area contributed by atoms with E-state index in [1.165, 1.54) is 125 Å². The number of benzene rings is 4. The van der Waals surface area contributed by atoms with E-state index in [4.69, 9.17) is 4.99 Å². The Morgan fingerprint density at radius 3 is 2.38 bits per heavy atom. The van der Waals surface area contributed by atoms with Crippen LogP contribution in [0.1, 0.15) is 106 Å². The minimum absolute atomic E-state index is 0.0961. The molecule has 13 rings (SSSR count). The minimum Gasteiger partial charge on any atom is -0.354 e. The molecule has 5 aliphatic carbocycles. The molecule has 0 spiro atoms. The molecule has 4 heterocycles. The Balaban J connectivity index is 0.948. The first-order valence-electron chi connectivity index (χ1n) is 25.6. The van der Waals surface area contributed by atoms with Crippen LogP contribution in [0.25, 0.3) is 61.0 Å². The molecule has 340 valence electrons. The quantitative estimate of drug-likeness (QED) is 0.150. The summed E-state index contributed by atoms with van der Waals surface area (Å²) in [7, 11) is 2.31. The molecule has 5 nitrogen and oxygen atoms in total. The Morgan fingerprint density at radius 2 is 1.56 bits per heavy atom. The first-order chi connectivity index (χ1) is 33.5. The lowest BCUT2D eigenvalue weighted by molar-refractivity contribution is 0.242. The maximum atomic E-state index is 5.74. The number of aliphatic imine (C=N–C) groups is 1. The highest BCUT2D eigenvalue weighted by atomic mass is 32.2. The summed E-state index contributed by atoms with van der Waals surface area (Å²) in [5.74, 6) is 2.97. The Kier molecular flexibility index (Phi) is 10.8. The predicted molar refractivity (Wildman–Crippen MR) is 287 cm³/mol. The minimum atomic E-state index is 0.0961. The van der Waals surface area contributed by atoms with Gasteiger partial charge < -0.3 is 14.5 Å². The van der Waals surface area contributed by atoms with Gasteiger partial charge >= 0.3 is 0 Å². The van der Waals surface area contributed by atoms with Crippen LogP contribution in [0.15, 0.2) is 167 Å². The van der Waals surface area contributed by atoms with E-state index in [-0.39, 0.29) is 12.3 Å². The number of rotatable bonds is 8. The Labute approximate surface area is 405 Å². The molecule has 0 amide bonds. The van der Waals surface area contributed by atoms with Crippen molar-refractivity contribution in [3.05, 3.63) is 179 Å². The second-order valence-corrected chi connectivity index (χ2v) is 21.7. The molecular formula is C62H61N5S. The second-order valence-electron chi connectivity index (χ2n) is 20.6. The first kappa shape index (κ1) is 42.1. The molecule has 2 N–H and O–H groups in total. The van der Waals surface area contributed by atoms with Crippen LogP contribution in [-0.2, 0) is 7.05 Å². The van der Waals surface area contributed by atoms with Crippen molar-refractivity contribution in [3.63, 3.8) is 0 Å². The highest BCUT2D eigenvalue weighted by Crippen LogP contribution is 2.56. The van der Waals surface area contributed by atoms with Crippen LogP contribution in [0.4, 0.5) is 0 Å². The fourth-order valence-electron chi connectivity index (χ4n) is 12.8. The molecule has 1 saturated carbocycles. The largest absolute Gasteiger partial charge is 0.354 e. The zero-order valence-electron chi connectivity index (χ0n) is 39.4. The van der Waals surface area contributed by atoms with Crippen molar-refractivity contribution < 1.29 is 0 Å². The summed E-state index contributed by atoms with van der Waals surface area (Å²) in [6, 6.07) is 34.7. The number of aromatic nitrogens is 2. The summed E-state index contributed by atoms with van der Waals surface area (Å²) >= 11 is 1.98. The van der Waals surface area contributed by atoms with Gasteiger partial charge in [0.15, 0.2) is 0 Å². The number of hydrogen-bond donors (Lipinski definition) is 2. The molecule has 0 radical (unpaired) electrons. The van der Waals surface area contributed by atoms with Crippen molar-refractivity contribution in [1.82, 2.24) is 19.8 Å². The smallest absolute Gasteiger partial charge is 0.133 e. The number of hydrogen-bond acceptors (Lipinski definition) is 4. The Morgan fingerprint density at radius 1 is 0.721 bits per heavy atom. The van der Waals surface area contributed by atoms with Crippen LogP contribution in [-0.4, -0.2) is 27.3 Å². The van der Waals surface area contributed by atoms with Crippen molar-refractivity contribution >= 4 is 56.2 Å². The number of amidine groups is 1. The van der Waals surface area contributed by atoms with Gasteiger partial charge in [-0.1, -0.05) is 147 Å². The van der Waals surface area contributed by atoms with Crippen LogP contribution < -0.4 is 10.6 Å². The topological polar surface area (TPSA) is 46.3 Å². The maximum Gasteiger partial charge on any atom is 0.133 e. The third-order valence-corrected chi connectivity index (χ3v) is 17.5. The van der Waals surface area contributed by atoms with Gasteiger partial charge in [-0.3, -0.25) is 5.32 Å². The zero-order chi connectivity index (χ0) is 45.3. The summed E-state index contributed by atoms with van der Waals surface area (Å²) < 4.78 is 5.05. The number of allylic oxidation sites excluding steroid dienone is 13. The molecule has 7 aliphatic rings. The van der Waals surface area contributed by atoms with E-state index in [1.54, 1.807) is 0 Å². The molecule has 2 aliphatic heterocycles. The molecule has 0 bridgehead atoms. The van der Waals surface area contributed by atoms with E-state index in [1.807, 2.05) is 11.8 Å². The van der Waals surface area contributed by atoms with Crippen LogP contribution in [0.5, 0.6) is 0 Å². The summed E-state index contributed by atoms with van der Waals surface area (Å²) in [5.41, 5.74) is 17.1. The molecule has 1 fully saturated rings. The van der Waals surface area contributed by atoms with Crippen LogP contribution >= 0.6 is 11.8 Å². The fraction of sp³-hybridized carbons (Fsp3) is 0.306. The third kappa shape index (κ3) is 7.38. The molecule has 2 aromatic heterocycles. The van der Waals surface area contributed by atoms with Gasteiger partial charge in [0.05, 0.1) is 22.9 Å². The van der Waals surface area contributed by atoms with E-state index in [2.05, 4.69) is 185 Å². The van der Waals surface area contributed by atoms with Crippen molar-refractivity contribution in [2.45, 2.75) is 101 Å². The summed E-state index contributed by atoms with van der Waals surface area (Å²) in [6.07, 6.45) is 36.3. The van der Waals surface area contributed by atoms with Gasteiger partial charge in [0.1, 0.15) is 12.0 Å². The highest BCUT2D eigenvalue weighted by molar-refractivity contribution is 8.03. The highest BCUT2D eigenvalue weighted by Gasteiger charge is 2.38. The van der Waals surface area contributed by atoms with Gasteiger partial charge in [-0.2, -0.15) is 0 Å². The standard InChI is InChI=1S/C62H61N5S/c1-39-17-16-24-45(33-39)61-63-60(42-22-12-13-23-42)64-62(65-61)53-37-55(43-29-31-47(40-18-6-3-7-19-40)49(34-43)41-20-8-4-9-21-41)66(2)59(53)44-30-32-57-51(35-44)52-36-50-48-27-14-15-28-54(48)67(46-25-10-5-11-26-46)56(50)38-58(52)68-57/h3-8,10,14-16,18-20,24-25,27-32,34,36-39,42,45,51,60-61,63H,9,11-13,17,21-23,26,33,35H2,1-2H3,(H,64,65). The van der Waals surface area contributed by atoms with Gasteiger partial charge in [-0.15, -0.1) is 0 Å². The predicted octanol–water partition coefficient (Wildman–Crippen LogP) is 15.3. The summed E-state index contributed by atoms with van der Waals surface area (Å²) in [5, 5.41) is 10.9. The van der Waals surface area contributed by atoms with E-state index < -0.39 is 0 Å². The lowest BCUT2D eigenvalue weighted by Gasteiger charge is -2.39. The molecule has 6 heteroatoms.